The van der Waals surface area contributed by atoms with Gasteiger partial charge in [0.15, 0.2) is 0 Å². The molecule has 1 aliphatic rings. The molecule has 1 atom stereocenters. The fourth-order valence-corrected chi connectivity index (χ4v) is 2.67. The molecule has 0 fully saturated rings. The molecule has 5 heteroatoms. The van der Waals surface area contributed by atoms with Crippen LogP contribution in [0.2, 0.25) is 0 Å². The van der Waals surface area contributed by atoms with E-state index in [9.17, 15) is 14.0 Å². The van der Waals surface area contributed by atoms with Crippen molar-refractivity contribution in [2.75, 3.05) is 6.54 Å². The first kappa shape index (κ1) is 14.4. The molecule has 4 nitrogen and oxygen atoms in total. The Balaban J connectivity index is 1.72. The lowest BCUT2D eigenvalue weighted by atomic mass is 10.1. The highest BCUT2D eigenvalue weighted by Gasteiger charge is 2.35. The molecule has 0 saturated carbocycles. The van der Waals surface area contributed by atoms with Crippen LogP contribution >= 0.6 is 0 Å². The number of carbonyl (C=O) groups excluding carboxylic acids is 2. The SMILES string of the molecule is N[C@H](Cc1cccc(F)c1)CN1C(=O)c2ccccc2C1=O. The van der Waals surface area contributed by atoms with Crippen molar-refractivity contribution in [1.29, 1.82) is 0 Å². The van der Waals surface area contributed by atoms with Crippen LogP contribution in [0.15, 0.2) is 48.5 Å². The van der Waals surface area contributed by atoms with Gasteiger partial charge in [0.25, 0.3) is 11.8 Å². The maximum absolute atomic E-state index is 13.2. The third-order valence-corrected chi connectivity index (χ3v) is 3.68. The number of hydrogen-bond acceptors (Lipinski definition) is 3. The first-order valence-corrected chi connectivity index (χ1v) is 7.01. The van der Waals surface area contributed by atoms with Crippen molar-refractivity contribution in [2.45, 2.75) is 12.5 Å². The van der Waals surface area contributed by atoms with Crippen molar-refractivity contribution >= 4 is 11.8 Å². The Bertz CT molecular complexity index is 710. The molecule has 0 spiro atoms. The van der Waals surface area contributed by atoms with Crippen molar-refractivity contribution < 1.29 is 14.0 Å². The van der Waals surface area contributed by atoms with Crippen LogP contribution in [0.5, 0.6) is 0 Å². The topological polar surface area (TPSA) is 63.4 Å². The van der Waals surface area contributed by atoms with Gasteiger partial charge in [-0.1, -0.05) is 24.3 Å². The highest BCUT2D eigenvalue weighted by Crippen LogP contribution is 2.22. The van der Waals surface area contributed by atoms with E-state index in [2.05, 4.69) is 0 Å². The third kappa shape index (κ3) is 2.63. The minimum atomic E-state index is -0.441. The summed E-state index contributed by atoms with van der Waals surface area (Å²) in [5.41, 5.74) is 7.58. The average Bonchev–Trinajstić information content (AvgIpc) is 2.73. The van der Waals surface area contributed by atoms with E-state index in [1.807, 2.05) is 0 Å². The Morgan fingerprint density at radius 3 is 2.23 bits per heavy atom. The molecule has 0 saturated heterocycles. The summed E-state index contributed by atoms with van der Waals surface area (Å²) in [5.74, 6) is -0.976. The van der Waals surface area contributed by atoms with E-state index < -0.39 is 6.04 Å². The quantitative estimate of drug-likeness (QED) is 0.878. The Kier molecular flexibility index (Phi) is 3.73. The van der Waals surface area contributed by atoms with E-state index in [0.29, 0.717) is 17.5 Å². The van der Waals surface area contributed by atoms with Crippen molar-refractivity contribution in [3.8, 4) is 0 Å². The van der Waals surface area contributed by atoms with Crippen molar-refractivity contribution in [3.05, 3.63) is 71.0 Å². The van der Waals surface area contributed by atoms with Crippen LogP contribution in [0.4, 0.5) is 4.39 Å². The maximum atomic E-state index is 13.2. The van der Waals surface area contributed by atoms with Crippen LogP contribution in [-0.4, -0.2) is 29.3 Å². The molecule has 3 rings (SSSR count). The Labute approximate surface area is 127 Å². The number of carbonyl (C=O) groups is 2. The van der Waals surface area contributed by atoms with Gasteiger partial charge in [0.1, 0.15) is 5.82 Å². The minimum Gasteiger partial charge on any atom is -0.326 e. The highest BCUT2D eigenvalue weighted by atomic mass is 19.1. The summed E-state index contributed by atoms with van der Waals surface area (Å²) in [7, 11) is 0. The lowest BCUT2D eigenvalue weighted by molar-refractivity contribution is 0.0644. The predicted molar refractivity (Wildman–Crippen MR) is 79.9 cm³/mol. The maximum Gasteiger partial charge on any atom is 0.261 e. The number of rotatable bonds is 4. The fourth-order valence-electron chi connectivity index (χ4n) is 2.67. The van der Waals surface area contributed by atoms with Gasteiger partial charge in [-0.2, -0.15) is 0 Å². The predicted octanol–water partition coefficient (Wildman–Crippen LogP) is 1.99. The molecule has 22 heavy (non-hydrogen) atoms. The number of fused-ring (bicyclic) bond motifs is 1. The van der Waals surface area contributed by atoms with E-state index in [4.69, 9.17) is 5.73 Å². The number of benzene rings is 2. The standard InChI is InChI=1S/C17H15FN2O2/c18-12-5-3-4-11(8-12)9-13(19)10-20-16(21)14-6-1-2-7-15(14)17(20)22/h1-8,13H,9-10,19H2/t13-/m1/s1. The molecule has 1 heterocycles. The van der Waals surface area contributed by atoms with Crippen LogP contribution < -0.4 is 5.73 Å². The number of imide groups is 1. The van der Waals surface area contributed by atoms with Crippen LogP contribution in [0.3, 0.4) is 0 Å². The van der Waals surface area contributed by atoms with Crippen LogP contribution in [0, 0.1) is 5.82 Å². The van der Waals surface area contributed by atoms with E-state index in [0.717, 1.165) is 10.5 Å². The van der Waals surface area contributed by atoms with Crippen molar-refractivity contribution in [1.82, 2.24) is 4.90 Å². The summed E-state index contributed by atoms with van der Waals surface area (Å²) in [6, 6.07) is 12.4. The average molecular weight is 298 g/mol. The Morgan fingerprint density at radius 1 is 1.00 bits per heavy atom. The largest absolute Gasteiger partial charge is 0.326 e. The molecule has 2 aromatic carbocycles. The fraction of sp³-hybridized carbons (Fsp3) is 0.176. The monoisotopic (exact) mass is 298 g/mol. The van der Waals surface area contributed by atoms with Gasteiger partial charge in [0.05, 0.1) is 11.1 Å². The van der Waals surface area contributed by atoms with Gasteiger partial charge in [-0.05, 0) is 36.2 Å². The van der Waals surface area contributed by atoms with Gasteiger partial charge in [-0.3, -0.25) is 14.5 Å². The van der Waals surface area contributed by atoms with Crippen LogP contribution in [0.25, 0.3) is 0 Å². The summed E-state index contributed by atoms with van der Waals surface area (Å²) >= 11 is 0. The molecular weight excluding hydrogens is 283 g/mol. The number of nitrogens with two attached hydrogens (primary N) is 1. The van der Waals surface area contributed by atoms with E-state index in [1.165, 1.54) is 12.1 Å². The molecule has 0 bridgehead atoms. The van der Waals surface area contributed by atoms with E-state index in [1.54, 1.807) is 36.4 Å². The summed E-state index contributed by atoms with van der Waals surface area (Å²) in [6.07, 6.45) is 0.394. The highest BCUT2D eigenvalue weighted by molar-refractivity contribution is 6.21. The molecule has 0 radical (unpaired) electrons. The van der Waals surface area contributed by atoms with Gasteiger partial charge in [0.2, 0.25) is 0 Å². The van der Waals surface area contributed by atoms with Gasteiger partial charge in [-0.15, -0.1) is 0 Å². The summed E-state index contributed by atoms with van der Waals surface area (Å²) in [5, 5.41) is 0. The molecule has 2 aromatic rings. The zero-order chi connectivity index (χ0) is 15.7. The molecule has 0 aliphatic carbocycles. The summed E-state index contributed by atoms with van der Waals surface area (Å²) in [4.78, 5) is 25.6. The lowest BCUT2D eigenvalue weighted by Gasteiger charge is -2.19. The van der Waals surface area contributed by atoms with E-state index in [-0.39, 0.29) is 24.2 Å². The second-order valence-corrected chi connectivity index (χ2v) is 5.36. The van der Waals surface area contributed by atoms with Gasteiger partial charge < -0.3 is 5.73 Å². The first-order valence-electron chi connectivity index (χ1n) is 7.01. The Morgan fingerprint density at radius 2 is 1.64 bits per heavy atom. The Hall–Kier alpha value is -2.53. The van der Waals surface area contributed by atoms with Crippen LogP contribution in [0.1, 0.15) is 26.3 Å². The number of amides is 2. The molecule has 112 valence electrons. The van der Waals surface area contributed by atoms with Gasteiger partial charge in [0, 0.05) is 12.6 Å². The van der Waals surface area contributed by atoms with E-state index >= 15 is 0 Å². The van der Waals surface area contributed by atoms with Crippen molar-refractivity contribution in [2.24, 2.45) is 5.73 Å². The normalized spacial score (nSPS) is 15.1. The molecule has 2 amide bonds. The van der Waals surface area contributed by atoms with Gasteiger partial charge in [-0.25, -0.2) is 4.39 Å². The van der Waals surface area contributed by atoms with Crippen molar-refractivity contribution in [3.63, 3.8) is 0 Å². The first-order chi connectivity index (χ1) is 10.6. The second-order valence-electron chi connectivity index (χ2n) is 5.36. The second kappa shape index (κ2) is 5.69. The number of hydrogen-bond donors (Lipinski definition) is 1. The molecule has 1 aliphatic heterocycles. The zero-order valence-corrected chi connectivity index (χ0v) is 11.8. The molecule has 0 aromatic heterocycles. The summed E-state index contributed by atoms with van der Waals surface area (Å²) in [6.45, 7) is 0.114. The smallest absolute Gasteiger partial charge is 0.261 e. The lowest BCUT2D eigenvalue weighted by Crippen LogP contribution is -2.41. The minimum absolute atomic E-state index is 0.114. The molecular formula is C17H15FN2O2. The molecule has 2 N–H and O–H groups in total. The molecule has 0 unspecified atom stereocenters. The zero-order valence-electron chi connectivity index (χ0n) is 11.8. The van der Waals surface area contributed by atoms with Crippen LogP contribution in [-0.2, 0) is 6.42 Å². The third-order valence-electron chi connectivity index (χ3n) is 3.68. The van der Waals surface area contributed by atoms with Gasteiger partial charge >= 0.3 is 0 Å². The number of nitrogens with zero attached hydrogens (tertiary/aromatic N) is 1. The number of halogens is 1. The summed E-state index contributed by atoms with van der Waals surface area (Å²) < 4.78 is 13.2.